The second-order valence-corrected chi connectivity index (χ2v) is 5.15. The van der Waals surface area contributed by atoms with E-state index in [1.165, 1.54) is 24.2 Å². The Hall–Kier alpha value is -1.06. The summed E-state index contributed by atoms with van der Waals surface area (Å²) in [6.45, 7) is 3.10. The lowest BCUT2D eigenvalue weighted by atomic mass is 9.82. The smallest absolute Gasteiger partial charge is 0.329 e. The highest BCUT2D eigenvalue weighted by molar-refractivity contribution is 5.86. The molecule has 1 amide bonds. The van der Waals surface area contributed by atoms with Crippen molar-refractivity contribution in [1.29, 1.82) is 0 Å². The second-order valence-electron chi connectivity index (χ2n) is 5.15. The summed E-state index contributed by atoms with van der Waals surface area (Å²) >= 11 is 0. The van der Waals surface area contributed by atoms with Crippen molar-refractivity contribution < 1.29 is 14.7 Å². The molecule has 1 rings (SSSR count). The van der Waals surface area contributed by atoms with Crippen molar-refractivity contribution in [3.05, 3.63) is 0 Å². The zero-order valence-electron chi connectivity index (χ0n) is 10.3. The van der Waals surface area contributed by atoms with Crippen LogP contribution in [0, 0.1) is 5.92 Å². The van der Waals surface area contributed by atoms with E-state index in [-0.39, 0.29) is 5.91 Å². The van der Waals surface area contributed by atoms with Gasteiger partial charge >= 0.3 is 5.97 Å². The highest BCUT2D eigenvalue weighted by atomic mass is 16.4. The molecule has 4 heteroatoms. The van der Waals surface area contributed by atoms with E-state index in [0.717, 1.165) is 6.42 Å². The summed E-state index contributed by atoms with van der Waals surface area (Å²) in [7, 11) is 1.57. The average Bonchev–Trinajstić information content (AvgIpc) is 2.13. The number of carbonyl (C=O) groups is 2. The number of likely N-dealkylation sites (N-methyl/N-ethyl adjacent to an activating group) is 1. The minimum absolute atomic E-state index is 0.0701. The van der Waals surface area contributed by atoms with Crippen LogP contribution in [0.3, 0.4) is 0 Å². The molecule has 0 unspecified atom stereocenters. The highest BCUT2D eigenvalue weighted by Crippen LogP contribution is 2.30. The van der Waals surface area contributed by atoms with Gasteiger partial charge in [-0.05, 0) is 26.2 Å². The second kappa shape index (κ2) is 4.85. The number of carboxylic acids is 1. The van der Waals surface area contributed by atoms with Crippen LogP contribution in [0.15, 0.2) is 0 Å². The molecule has 0 aliphatic heterocycles. The van der Waals surface area contributed by atoms with Crippen molar-refractivity contribution >= 4 is 11.9 Å². The van der Waals surface area contributed by atoms with Crippen LogP contribution in [0.5, 0.6) is 0 Å². The number of hydrogen-bond donors (Lipinski definition) is 1. The maximum Gasteiger partial charge on any atom is 0.329 e. The van der Waals surface area contributed by atoms with Crippen molar-refractivity contribution in [1.82, 2.24) is 4.90 Å². The fourth-order valence-electron chi connectivity index (χ4n) is 1.73. The van der Waals surface area contributed by atoms with Gasteiger partial charge in [0.25, 0.3) is 0 Å². The Kier molecular flexibility index (Phi) is 3.94. The molecule has 1 aliphatic rings. The van der Waals surface area contributed by atoms with Gasteiger partial charge in [-0.25, -0.2) is 4.79 Å². The lowest BCUT2D eigenvalue weighted by Crippen LogP contribution is -2.50. The Bertz CT molecular complexity index is 282. The van der Waals surface area contributed by atoms with Crippen molar-refractivity contribution in [2.45, 2.75) is 51.5 Å². The van der Waals surface area contributed by atoms with Gasteiger partial charge in [0.1, 0.15) is 5.54 Å². The number of amides is 1. The van der Waals surface area contributed by atoms with Crippen LogP contribution < -0.4 is 0 Å². The fourth-order valence-corrected chi connectivity index (χ4v) is 1.73. The first-order chi connectivity index (χ1) is 7.35. The Morgan fingerprint density at radius 2 is 1.94 bits per heavy atom. The monoisotopic (exact) mass is 227 g/mol. The first-order valence-electron chi connectivity index (χ1n) is 5.85. The Morgan fingerprint density at radius 1 is 1.38 bits per heavy atom. The van der Waals surface area contributed by atoms with Crippen LogP contribution in [0.1, 0.15) is 46.0 Å². The van der Waals surface area contributed by atoms with Crippen LogP contribution in [0.2, 0.25) is 0 Å². The third-order valence-electron chi connectivity index (χ3n) is 3.73. The maximum atomic E-state index is 11.8. The molecule has 4 nitrogen and oxygen atoms in total. The minimum atomic E-state index is -1.11. The molecule has 0 bridgehead atoms. The molecular weight excluding hydrogens is 206 g/mol. The Labute approximate surface area is 96.6 Å². The van der Waals surface area contributed by atoms with Crippen molar-refractivity contribution in [2.75, 3.05) is 7.05 Å². The molecule has 0 saturated heterocycles. The summed E-state index contributed by atoms with van der Waals surface area (Å²) in [5.41, 5.74) is -1.11. The molecule has 0 atom stereocenters. The van der Waals surface area contributed by atoms with Crippen LogP contribution in [-0.4, -0.2) is 34.5 Å². The molecule has 1 fully saturated rings. The molecule has 1 N–H and O–H groups in total. The van der Waals surface area contributed by atoms with Gasteiger partial charge in [-0.15, -0.1) is 0 Å². The molecule has 0 radical (unpaired) electrons. The molecule has 0 spiro atoms. The maximum absolute atomic E-state index is 11.8. The number of carbonyl (C=O) groups excluding carboxylic acids is 1. The van der Waals surface area contributed by atoms with E-state index < -0.39 is 11.5 Å². The molecule has 16 heavy (non-hydrogen) atoms. The zero-order chi connectivity index (χ0) is 12.3. The Morgan fingerprint density at radius 3 is 2.31 bits per heavy atom. The van der Waals surface area contributed by atoms with E-state index in [9.17, 15) is 9.59 Å². The van der Waals surface area contributed by atoms with E-state index in [0.29, 0.717) is 12.3 Å². The van der Waals surface area contributed by atoms with E-state index in [1.807, 2.05) is 0 Å². The van der Waals surface area contributed by atoms with Crippen LogP contribution >= 0.6 is 0 Å². The zero-order valence-corrected chi connectivity index (χ0v) is 10.3. The van der Waals surface area contributed by atoms with E-state index >= 15 is 0 Å². The summed E-state index contributed by atoms with van der Waals surface area (Å²) in [4.78, 5) is 24.1. The van der Waals surface area contributed by atoms with Gasteiger partial charge in [0.05, 0.1) is 0 Å². The molecule has 0 aromatic carbocycles. The van der Waals surface area contributed by atoms with Crippen LogP contribution in [0.25, 0.3) is 0 Å². The lowest BCUT2D eigenvalue weighted by molar-refractivity contribution is -0.155. The summed E-state index contributed by atoms with van der Waals surface area (Å²) in [6, 6.07) is 0. The van der Waals surface area contributed by atoms with E-state index in [4.69, 9.17) is 5.11 Å². The van der Waals surface area contributed by atoms with E-state index in [2.05, 4.69) is 0 Å². The Balaban J connectivity index is 2.42. The average molecular weight is 227 g/mol. The normalized spacial score (nSPS) is 16.7. The van der Waals surface area contributed by atoms with Gasteiger partial charge in [-0.3, -0.25) is 4.79 Å². The molecule has 0 aromatic heterocycles. The highest BCUT2D eigenvalue weighted by Gasteiger charge is 2.35. The predicted molar refractivity (Wildman–Crippen MR) is 61.1 cm³/mol. The number of rotatable bonds is 5. The predicted octanol–water partition coefficient (Wildman–Crippen LogP) is 1.89. The van der Waals surface area contributed by atoms with E-state index in [1.54, 1.807) is 20.9 Å². The number of carboxylic acid groups (broad SMARTS) is 1. The molecule has 92 valence electrons. The fraction of sp³-hybridized carbons (Fsp3) is 0.833. The van der Waals surface area contributed by atoms with Crippen molar-refractivity contribution in [3.63, 3.8) is 0 Å². The number of aliphatic carboxylic acids is 1. The molecule has 1 aliphatic carbocycles. The third-order valence-corrected chi connectivity index (χ3v) is 3.73. The first kappa shape index (κ1) is 13.0. The third kappa shape index (κ3) is 2.74. The first-order valence-corrected chi connectivity index (χ1v) is 5.85. The minimum Gasteiger partial charge on any atom is -0.480 e. The van der Waals surface area contributed by atoms with Crippen molar-refractivity contribution in [2.24, 2.45) is 5.92 Å². The van der Waals surface area contributed by atoms with Gasteiger partial charge < -0.3 is 10.0 Å². The number of hydrogen-bond acceptors (Lipinski definition) is 2. The SMILES string of the molecule is CN(C(=O)CCC1CCC1)C(C)(C)C(=O)O. The quantitative estimate of drug-likeness (QED) is 0.780. The lowest BCUT2D eigenvalue weighted by Gasteiger charge is -2.32. The van der Waals surface area contributed by atoms with Crippen LogP contribution in [0.4, 0.5) is 0 Å². The molecular formula is C12H21NO3. The standard InChI is InChI=1S/C12H21NO3/c1-12(2,11(15)16)13(3)10(14)8-7-9-5-4-6-9/h9H,4-8H2,1-3H3,(H,15,16). The van der Waals surface area contributed by atoms with Gasteiger partial charge in [-0.2, -0.15) is 0 Å². The largest absolute Gasteiger partial charge is 0.480 e. The van der Waals surface area contributed by atoms with Gasteiger partial charge in [-0.1, -0.05) is 19.3 Å². The summed E-state index contributed by atoms with van der Waals surface area (Å²) in [5, 5.41) is 9.00. The van der Waals surface area contributed by atoms with Crippen molar-refractivity contribution in [3.8, 4) is 0 Å². The van der Waals surface area contributed by atoms with Gasteiger partial charge in [0.15, 0.2) is 0 Å². The van der Waals surface area contributed by atoms with Gasteiger partial charge in [0, 0.05) is 13.5 Å². The summed E-state index contributed by atoms with van der Waals surface area (Å²) in [6.07, 6.45) is 5.09. The summed E-state index contributed by atoms with van der Waals surface area (Å²) < 4.78 is 0. The molecule has 0 aromatic rings. The van der Waals surface area contributed by atoms with Gasteiger partial charge in [0.2, 0.25) is 5.91 Å². The molecule has 1 saturated carbocycles. The van der Waals surface area contributed by atoms with Crippen LogP contribution in [-0.2, 0) is 9.59 Å². The molecule has 0 heterocycles. The summed E-state index contributed by atoms with van der Waals surface area (Å²) in [5.74, 6) is -0.350. The number of nitrogens with zero attached hydrogens (tertiary/aromatic N) is 1. The topological polar surface area (TPSA) is 57.6 Å².